The molecule has 142 valence electrons. The molecule has 2 aromatic rings. The average molecular weight is 379 g/mol. The van der Waals surface area contributed by atoms with Gasteiger partial charge in [-0.2, -0.15) is 0 Å². The Hall–Kier alpha value is -1.98. The largest absolute Gasteiger partial charge is 1.00 e. The molecule has 1 aliphatic rings. The van der Waals surface area contributed by atoms with Gasteiger partial charge in [-0.25, -0.2) is 0 Å². The summed E-state index contributed by atoms with van der Waals surface area (Å²) in [5.41, 5.74) is 2.26. The van der Waals surface area contributed by atoms with Gasteiger partial charge in [0.2, 0.25) is 0 Å². The van der Waals surface area contributed by atoms with Crippen molar-refractivity contribution in [2.24, 2.45) is 0 Å². The fourth-order valence-electron chi connectivity index (χ4n) is 3.55. The Morgan fingerprint density at radius 3 is 2.54 bits per heavy atom. The van der Waals surface area contributed by atoms with E-state index >= 15 is 0 Å². The first-order valence-electron chi connectivity index (χ1n) is 8.97. The quantitative estimate of drug-likeness (QED) is 0.637. The zero-order chi connectivity index (χ0) is 17.6. The molecule has 0 aliphatic carbocycles. The van der Waals surface area contributed by atoms with Crippen molar-refractivity contribution in [3.63, 3.8) is 0 Å². The fraction of sp³-hybridized carbons (Fsp3) is 0.450. The summed E-state index contributed by atoms with van der Waals surface area (Å²) in [6.45, 7) is 6.89. The van der Waals surface area contributed by atoms with Gasteiger partial charge in [-0.15, -0.1) is 0 Å². The number of likely N-dealkylation sites (tertiary alicyclic amines) is 1. The van der Waals surface area contributed by atoms with E-state index in [2.05, 4.69) is 11.4 Å². The Kier molecular flexibility index (Phi) is 7.54. The van der Waals surface area contributed by atoms with Gasteiger partial charge in [-0.3, -0.25) is 4.79 Å². The van der Waals surface area contributed by atoms with Crippen LogP contribution in [0.25, 0.3) is 0 Å². The molecule has 1 amide bonds. The zero-order valence-electron chi connectivity index (χ0n) is 15.4. The number of carbonyl (C=O) groups excluding carboxylic acids is 1. The fourth-order valence-corrected chi connectivity index (χ4v) is 3.55. The minimum absolute atomic E-state index is 0. The molecule has 26 heavy (non-hydrogen) atoms. The van der Waals surface area contributed by atoms with Gasteiger partial charge in [0.25, 0.3) is 5.91 Å². The minimum Gasteiger partial charge on any atom is -1.00 e. The standard InChI is InChI=1S/C20H26N2O3.ClH/c1-15-10-16(2)12-17(11-15)25-14-20(23)21-13-18(19-6-5-9-24-19)22-7-3-4-8-22;/h5-6,9-12,18H,3-4,7-8,13-14H2,1-2H3,(H,21,23);1H. The maximum Gasteiger partial charge on any atom is 0.258 e. The van der Waals surface area contributed by atoms with Crippen molar-refractivity contribution in [2.75, 3.05) is 26.2 Å². The van der Waals surface area contributed by atoms with Crippen LogP contribution in [0.1, 0.15) is 35.8 Å². The van der Waals surface area contributed by atoms with E-state index in [-0.39, 0.29) is 31.0 Å². The van der Waals surface area contributed by atoms with E-state index in [9.17, 15) is 4.79 Å². The summed E-state index contributed by atoms with van der Waals surface area (Å²) in [4.78, 5) is 13.7. The number of nitrogens with one attached hydrogen (secondary N) is 2. The van der Waals surface area contributed by atoms with Crippen molar-refractivity contribution in [3.8, 4) is 5.75 Å². The van der Waals surface area contributed by atoms with E-state index in [0.29, 0.717) is 6.54 Å². The lowest BCUT2D eigenvalue weighted by Gasteiger charge is -2.23. The van der Waals surface area contributed by atoms with Gasteiger partial charge >= 0.3 is 0 Å². The maximum atomic E-state index is 12.2. The molecular formula is C20H27ClN2O3. The van der Waals surface area contributed by atoms with Crippen molar-refractivity contribution in [2.45, 2.75) is 32.7 Å². The first-order valence-corrected chi connectivity index (χ1v) is 8.97. The molecule has 2 N–H and O–H groups in total. The Morgan fingerprint density at radius 1 is 1.23 bits per heavy atom. The molecule has 1 saturated heterocycles. The third-order valence-corrected chi connectivity index (χ3v) is 4.69. The van der Waals surface area contributed by atoms with Crippen molar-refractivity contribution < 1.29 is 31.3 Å². The molecule has 1 unspecified atom stereocenters. The highest BCUT2D eigenvalue weighted by Gasteiger charge is 2.29. The number of furan rings is 1. The van der Waals surface area contributed by atoms with Crippen LogP contribution in [0.4, 0.5) is 0 Å². The summed E-state index contributed by atoms with van der Waals surface area (Å²) >= 11 is 0. The van der Waals surface area contributed by atoms with Crippen LogP contribution in [0.5, 0.6) is 5.75 Å². The summed E-state index contributed by atoms with van der Waals surface area (Å²) in [6, 6.07) is 10.0. The van der Waals surface area contributed by atoms with E-state index < -0.39 is 0 Å². The number of hydrogen-bond donors (Lipinski definition) is 2. The van der Waals surface area contributed by atoms with E-state index in [1.54, 1.807) is 6.26 Å². The summed E-state index contributed by atoms with van der Waals surface area (Å²) in [5, 5.41) is 3.00. The smallest absolute Gasteiger partial charge is 0.258 e. The lowest BCUT2D eigenvalue weighted by Crippen LogP contribution is -3.11. The number of rotatable bonds is 7. The normalized spacial score (nSPS) is 15.3. The van der Waals surface area contributed by atoms with E-state index in [0.717, 1.165) is 35.7 Å². The predicted molar refractivity (Wildman–Crippen MR) is 95.8 cm³/mol. The third kappa shape index (κ3) is 5.51. The van der Waals surface area contributed by atoms with Crippen LogP contribution in [-0.2, 0) is 4.79 Å². The van der Waals surface area contributed by atoms with Crippen LogP contribution in [0.15, 0.2) is 41.0 Å². The third-order valence-electron chi connectivity index (χ3n) is 4.69. The van der Waals surface area contributed by atoms with Gasteiger partial charge < -0.3 is 31.8 Å². The number of amides is 1. The van der Waals surface area contributed by atoms with Crippen LogP contribution in [0.3, 0.4) is 0 Å². The van der Waals surface area contributed by atoms with Gasteiger partial charge in [0.1, 0.15) is 5.75 Å². The number of halogens is 1. The van der Waals surface area contributed by atoms with Crippen LogP contribution in [-0.4, -0.2) is 32.1 Å². The van der Waals surface area contributed by atoms with Crippen LogP contribution >= 0.6 is 0 Å². The molecule has 6 heteroatoms. The SMILES string of the molecule is Cc1cc(C)cc(OCC(=O)NCC(c2ccco2)[NH+]2CCCC2)c1.[Cl-]. The molecular weight excluding hydrogens is 352 g/mol. The van der Waals surface area contributed by atoms with Crippen LogP contribution < -0.4 is 27.4 Å². The highest BCUT2D eigenvalue weighted by Crippen LogP contribution is 2.16. The number of benzene rings is 1. The number of quaternary nitrogens is 1. The highest BCUT2D eigenvalue weighted by atomic mass is 35.5. The van der Waals surface area contributed by atoms with E-state index in [4.69, 9.17) is 9.15 Å². The second-order valence-corrected chi connectivity index (χ2v) is 6.85. The highest BCUT2D eigenvalue weighted by molar-refractivity contribution is 5.77. The molecule has 1 fully saturated rings. The summed E-state index contributed by atoms with van der Waals surface area (Å²) in [7, 11) is 0. The predicted octanol–water partition coefficient (Wildman–Crippen LogP) is -1.18. The lowest BCUT2D eigenvalue weighted by atomic mass is 10.1. The van der Waals surface area contributed by atoms with Gasteiger partial charge in [-0.1, -0.05) is 6.07 Å². The van der Waals surface area contributed by atoms with Gasteiger partial charge in [0.05, 0.1) is 25.9 Å². The Labute approximate surface area is 161 Å². The Balaban J connectivity index is 0.00000243. The lowest BCUT2D eigenvalue weighted by molar-refractivity contribution is -0.919. The number of hydrogen-bond acceptors (Lipinski definition) is 3. The first kappa shape index (κ1) is 20.3. The molecule has 0 spiro atoms. The van der Waals surface area contributed by atoms with Crippen molar-refractivity contribution in [1.82, 2.24) is 5.32 Å². The monoisotopic (exact) mass is 378 g/mol. The van der Waals surface area contributed by atoms with Gasteiger partial charge in [-0.05, 0) is 49.2 Å². The number of aryl methyl sites for hydroxylation is 2. The van der Waals surface area contributed by atoms with Gasteiger partial charge in [0, 0.05) is 12.8 Å². The molecule has 0 bridgehead atoms. The number of ether oxygens (including phenoxy) is 1. The molecule has 1 aromatic carbocycles. The first-order chi connectivity index (χ1) is 12.1. The average Bonchev–Trinajstić information content (AvgIpc) is 3.26. The second-order valence-electron chi connectivity index (χ2n) is 6.85. The molecule has 3 rings (SSSR count). The number of carbonyl (C=O) groups is 1. The van der Waals surface area contributed by atoms with Crippen molar-refractivity contribution in [1.29, 1.82) is 0 Å². The Bertz CT molecular complexity index is 677. The maximum absolute atomic E-state index is 12.2. The second kappa shape index (κ2) is 9.64. The van der Waals surface area contributed by atoms with Crippen LogP contribution in [0.2, 0.25) is 0 Å². The molecule has 0 radical (unpaired) electrons. The zero-order valence-corrected chi connectivity index (χ0v) is 16.1. The van der Waals surface area contributed by atoms with E-state index in [1.165, 1.54) is 17.7 Å². The molecule has 1 aliphatic heterocycles. The van der Waals surface area contributed by atoms with Gasteiger partial charge in [0.15, 0.2) is 18.4 Å². The molecule has 5 nitrogen and oxygen atoms in total. The molecule has 2 heterocycles. The summed E-state index contributed by atoms with van der Waals surface area (Å²) in [5.74, 6) is 1.57. The molecule has 1 aromatic heterocycles. The molecule has 0 saturated carbocycles. The summed E-state index contributed by atoms with van der Waals surface area (Å²) in [6.07, 6.45) is 4.16. The Morgan fingerprint density at radius 2 is 1.92 bits per heavy atom. The minimum atomic E-state index is -0.102. The van der Waals surface area contributed by atoms with Crippen molar-refractivity contribution >= 4 is 5.91 Å². The van der Waals surface area contributed by atoms with E-state index in [1.807, 2.05) is 38.1 Å². The van der Waals surface area contributed by atoms with Crippen molar-refractivity contribution in [3.05, 3.63) is 53.5 Å². The van der Waals surface area contributed by atoms with Crippen LogP contribution in [0, 0.1) is 13.8 Å². The topological polar surface area (TPSA) is 55.9 Å². The summed E-state index contributed by atoms with van der Waals surface area (Å²) < 4.78 is 11.2. The molecule has 1 atom stereocenters.